The van der Waals surface area contributed by atoms with Gasteiger partial charge in [-0.05, 0) is 49.9 Å². The molecule has 0 bridgehead atoms. The van der Waals surface area contributed by atoms with Gasteiger partial charge >= 0.3 is 6.03 Å². The summed E-state index contributed by atoms with van der Waals surface area (Å²) < 4.78 is 7.65. The number of nitrogens with one attached hydrogen (secondary N) is 1. The quantitative estimate of drug-likeness (QED) is 0.622. The molecule has 2 aromatic rings. The summed E-state index contributed by atoms with van der Waals surface area (Å²) in [5, 5.41) is 2.93. The van der Waals surface area contributed by atoms with Crippen LogP contribution in [0.3, 0.4) is 0 Å². The smallest absolute Gasteiger partial charge is 0.322 e. The molecular weight excluding hydrogens is 392 g/mol. The number of aromatic nitrogens is 1. The Morgan fingerprint density at radius 1 is 1.19 bits per heavy atom. The van der Waals surface area contributed by atoms with Crippen LogP contribution in [0.1, 0.15) is 39.3 Å². The van der Waals surface area contributed by atoms with E-state index in [0.717, 1.165) is 18.5 Å². The van der Waals surface area contributed by atoms with E-state index in [0.29, 0.717) is 31.1 Å². The fourth-order valence-electron chi connectivity index (χ4n) is 3.60. The van der Waals surface area contributed by atoms with Crippen molar-refractivity contribution in [1.29, 1.82) is 0 Å². The van der Waals surface area contributed by atoms with E-state index < -0.39 is 0 Å². The maximum atomic E-state index is 13.3. The van der Waals surface area contributed by atoms with Gasteiger partial charge in [0.2, 0.25) is 5.91 Å². The number of amides is 3. The number of nitrogens with zero attached hydrogens (tertiary/aromatic N) is 3. The molecule has 168 valence electrons. The van der Waals surface area contributed by atoms with Gasteiger partial charge in [0.1, 0.15) is 12.3 Å². The van der Waals surface area contributed by atoms with Gasteiger partial charge in [0.05, 0.1) is 18.8 Å². The number of anilines is 1. The number of hydrogen-bond donors (Lipinski definition) is 1. The standard InChI is InChI=1S/C24H34N4O3/c1-5-31-22-11-7-6-10-21(22)25-24(30)27(15-18(2)3)17-23(29)28(19-12-13-19)16-20-9-8-14-26(20)4/h6-11,14,18-19H,5,12-13,15-17H2,1-4H3,(H,25,30). The predicted octanol–water partition coefficient (Wildman–Crippen LogP) is 4.10. The molecule has 1 aliphatic carbocycles. The Hall–Kier alpha value is -2.96. The highest BCUT2D eigenvalue weighted by Crippen LogP contribution is 2.29. The van der Waals surface area contributed by atoms with Crippen molar-refractivity contribution in [2.24, 2.45) is 13.0 Å². The zero-order valence-corrected chi connectivity index (χ0v) is 19.0. The minimum Gasteiger partial charge on any atom is -0.492 e. The molecule has 3 rings (SSSR count). The van der Waals surface area contributed by atoms with Gasteiger partial charge in [0.25, 0.3) is 0 Å². The van der Waals surface area contributed by atoms with Crippen molar-refractivity contribution in [3.63, 3.8) is 0 Å². The zero-order valence-electron chi connectivity index (χ0n) is 19.0. The minimum absolute atomic E-state index is 0.0161. The summed E-state index contributed by atoms with van der Waals surface area (Å²) in [4.78, 5) is 29.9. The summed E-state index contributed by atoms with van der Waals surface area (Å²) in [6, 6.07) is 11.4. The predicted molar refractivity (Wildman–Crippen MR) is 122 cm³/mol. The summed E-state index contributed by atoms with van der Waals surface area (Å²) in [5.41, 5.74) is 1.70. The fourth-order valence-corrected chi connectivity index (χ4v) is 3.60. The molecule has 0 aliphatic heterocycles. The number of carbonyl (C=O) groups excluding carboxylic acids is 2. The van der Waals surface area contributed by atoms with Crippen LogP contribution in [0.2, 0.25) is 0 Å². The van der Waals surface area contributed by atoms with Crippen LogP contribution in [0.25, 0.3) is 0 Å². The van der Waals surface area contributed by atoms with Crippen molar-refractivity contribution in [3.05, 3.63) is 48.3 Å². The van der Waals surface area contributed by atoms with Gasteiger partial charge in [0.15, 0.2) is 0 Å². The van der Waals surface area contributed by atoms with E-state index in [9.17, 15) is 9.59 Å². The Morgan fingerprint density at radius 2 is 1.94 bits per heavy atom. The first-order valence-corrected chi connectivity index (χ1v) is 11.1. The number of benzene rings is 1. The van der Waals surface area contributed by atoms with Crippen LogP contribution < -0.4 is 10.1 Å². The highest BCUT2D eigenvalue weighted by Gasteiger charge is 2.34. The van der Waals surface area contributed by atoms with Crippen molar-refractivity contribution >= 4 is 17.6 Å². The van der Waals surface area contributed by atoms with Crippen molar-refractivity contribution < 1.29 is 14.3 Å². The van der Waals surface area contributed by atoms with Crippen molar-refractivity contribution in [3.8, 4) is 5.75 Å². The second kappa shape index (κ2) is 10.4. The summed E-state index contributed by atoms with van der Waals surface area (Å²) in [7, 11) is 1.99. The molecule has 1 heterocycles. The van der Waals surface area contributed by atoms with Crippen molar-refractivity contribution in [1.82, 2.24) is 14.4 Å². The lowest BCUT2D eigenvalue weighted by Gasteiger charge is -2.29. The Labute approximate surface area is 185 Å². The Kier molecular flexibility index (Phi) is 7.60. The molecule has 1 aromatic carbocycles. The first-order valence-electron chi connectivity index (χ1n) is 11.1. The fraction of sp³-hybridized carbons (Fsp3) is 0.500. The third-order valence-corrected chi connectivity index (χ3v) is 5.32. The van der Waals surface area contributed by atoms with Gasteiger partial charge in [-0.25, -0.2) is 4.79 Å². The van der Waals surface area contributed by atoms with Gasteiger partial charge in [-0.3, -0.25) is 4.79 Å². The molecule has 1 aliphatic rings. The number of urea groups is 1. The second-order valence-electron chi connectivity index (χ2n) is 8.50. The number of rotatable bonds is 10. The molecule has 7 heteroatoms. The maximum absolute atomic E-state index is 13.3. The summed E-state index contributed by atoms with van der Waals surface area (Å²) in [6.07, 6.45) is 4.03. The second-order valence-corrected chi connectivity index (χ2v) is 8.50. The largest absolute Gasteiger partial charge is 0.492 e. The Morgan fingerprint density at radius 3 is 2.55 bits per heavy atom. The first kappa shape index (κ1) is 22.7. The zero-order chi connectivity index (χ0) is 22.4. The van der Waals surface area contributed by atoms with Crippen LogP contribution in [-0.4, -0.2) is 52.0 Å². The molecule has 0 saturated heterocycles. The van der Waals surface area contributed by atoms with Crippen LogP contribution in [0, 0.1) is 5.92 Å². The van der Waals surface area contributed by atoms with E-state index in [1.165, 1.54) is 0 Å². The average Bonchev–Trinajstić information content (AvgIpc) is 3.48. The van der Waals surface area contributed by atoms with Crippen LogP contribution >= 0.6 is 0 Å². The number of aryl methyl sites for hydroxylation is 1. The lowest BCUT2D eigenvalue weighted by molar-refractivity contribution is -0.133. The van der Waals surface area contributed by atoms with Gasteiger partial charge in [0, 0.05) is 31.5 Å². The van der Waals surface area contributed by atoms with E-state index in [1.54, 1.807) is 4.90 Å². The molecular formula is C24H34N4O3. The van der Waals surface area contributed by atoms with E-state index in [4.69, 9.17) is 4.74 Å². The highest BCUT2D eigenvalue weighted by atomic mass is 16.5. The molecule has 0 spiro atoms. The number of ether oxygens (including phenoxy) is 1. The lowest BCUT2D eigenvalue weighted by Crippen LogP contribution is -2.46. The maximum Gasteiger partial charge on any atom is 0.322 e. The van der Waals surface area contributed by atoms with Crippen molar-refractivity contribution in [2.45, 2.75) is 46.2 Å². The van der Waals surface area contributed by atoms with Crippen LogP contribution in [0.4, 0.5) is 10.5 Å². The SMILES string of the molecule is CCOc1ccccc1NC(=O)N(CC(=O)N(Cc1cccn1C)C1CC1)CC(C)C. The third kappa shape index (κ3) is 6.26. The van der Waals surface area contributed by atoms with E-state index in [-0.39, 0.29) is 30.4 Å². The number of carbonyl (C=O) groups is 2. The number of para-hydroxylation sites is 2. The average molecular weight is 427 g/mol. The normalized spacial score (nSPS) is 13.2. The van der Waals surface area contributed by atoms with Crippen LogP contribution in [0.5, 0.6) is 5.75 Å². The summed E-state index contributed by atoms with van der Waals surface area (Å²) in [6.45, 7) is 7.62. The summed E-state index contributed by atoms with van der Waals surface area (Å²) in [5.74, 6) is 0.845. The van der Waals surface area contributed by atoms with Crippen LogP contribution in [-0.2, 0) is 18.4 Å². The monoisotopic (exact) mass is 426 g/mol. The Bertz CT molecular complexity index is 888. The van der Waals surface area contributed by atoms with Crippen molar-refractivity contribution in [2.75, 3.05) is 25.0 Å². The number of hydrogen-bond acceptors (Lipinski definition) is 3. The molecule has 3 amide bonds. The molecule has 0 atom stereocenters. The molecule has 1 saturated carbocycles. The van der Waals surface area contributed by atoms with Gasteiger partial charge in [-0.1, -0.05) is 26.0 Å². The molecule has 1 aromatic heterocycles. The summed E-state index contributed by atoms with van der Waals surface area (Å²) >= 11 is 0. The first-order chi connectivity index (χ1) is 14.9. The molecule has 0 unspecified atom stereocenters. The molecule has 31 heavy (non-hydrogen) atoms. The Balaban J connectivity index is 1.71. The highest BCUT2D eigenvalue weighted by molar-refractivity contribution is 5.93. The lowest BCUT2D eigenvalue weighted by atomic mass is 10.2. The van der Waals surface area contributed by atoms with E-state index in [1.807, 2.05) is 79.9 Å². The van der Waals surface area contributed by atoms with Gasteiger partial charge in [-0.2, -0.15) is 0 Å². The third-order valence-electron chi connectivity index (χ3n) is 5.32. The van der Waals surface area contributed by atoms with Gasteiger partial charge in [-0.15, -0.1) is 0 Å². The molecule has 1 N–H and O–H groups in total. The van der Waals surface area contributed by atoms with Crippen LogP contribution in [0.15, 0.2) is 42.6 Å². The van der Waals surface area contributed by atoms with E-state index >= 15 is 0 Å². The molecule has 7 nitrogen and oxygen atoms in total. The van der Waals surface area contributed by atoms with Gasteiger partial charge < -0.3 is 24.4 Å². The molecule has 1 fully saturated rings. The minimum atomic E-state index is -0.288. The molecule has 0 radical (unpaired) electrons. The topological polar surface area (TPSA) is 66.8 Å². The van der Waals surface area contributed by atoms with E-state index in [2.05, 4.69) is 5.32 Å².